The van der Waals surface area contributed by atoms with Gasteiger partial charge in [-0.15, -0.1) is 0 Å². The minimum Gasteiger partial charge on any atom is -0.375 e. The second-order valence-corrected chi connectivity index (χ2v) is 6.39. The van der Waals surface area contributed by atoms with E-state index < -0.39 is 21.4 Å². The Kier molecular flexibility index (Phi) is 4.29. The molecular formula is C13H8BrF3O3S. The highest BCUT2D eigenvalue weighted by Gasteiger charge is 2.48. The fourth-order valence-electron chi connectivity index (χ4n) is 1.54. The number of hydrogen-bond acceptors (Lipinski definition) is 3. The maximum atomic E-state index is 12.3. The molecule has 0 aliphatic heterocycles. The van der Waals surface area contributed by atoms with Gasteiger partial charge in [-0.1, -0.05) is 36.4 Å². The first-order chi connectivity index (χ1) is 9.71. The molecule has 8 heteroatoms. The van der Waals surface area contributed by atoms with Gasteiger partial charge in [-0.3, -0.25) is 0 Å². The molecule has 112 valence electrons. The zero-order chi connectivity index (χ0) is 15.7. The summed E-state index contributed by atoms with van der Waals surface area (Å²) in [6.07, 6.45) is 0. The van der Waals surface area contributed by atoms with Crippen LogP contribution in [-0.4, -0.2) is 13.9 Å². The highest BCUT2D eigenvalue weighted by molar-refractivity contribution is 9.10. The Morgan fingerprint density at radius 3 is 2.10 bits per heavy atom. The summed E-state index contributed by atoms with van der Waals surface area (Å²) in [4.78, 5) is 0. The van der Waals surface area contributed by atoms with Crippen LogP contribution in [-0.2, 0) is 10.1 Å². The molecule has 0 radical (unpaired) electrons. The summed E-state index contributed by atoms with van der Waals surface area (Å²) in [6.45, 7) is 0. The first-order valence-corrected chi connectivity index (χ1v) is 7.76. The van der Waals surface area contributed by atoms with E-state index in [0.29, 0.717) is 5.56 Å². The molecule has 0 fully saturated rings. The van der Waals surface area contributed by atoms with Crippen molar-refractivity contribution in [2.45, 2.75) is 5.51 Å². The van der Waals surface area contributed by atoms with E-state index in [1.54, 1.807) is 0 Å². The number of benzene rings is 2. The van der Waals surface area contributed by atoms with Crippen LogP contribution in [0.25, 0.3) is 11.1 Å². The first kappa shape index (κ1) is 15.8. The minimum atomic E-state index is -5.68. The van der Waals surface area contributed by atoms with Crippen molar-refractivity contribution < 1.29 is 25.8 Å². The molecule has 0 spiro atoms. The lowest BCUT2D eigenvalue weighted by molar-refractivity contribution is -0.0500. The predicted molar refractivity (Wildman–Crippen MR) is 75.2 cm³/mol. The Balaban J connectivity index is 2.34. The van der Waals surface area contributed by atoms with Crippen molar-refractivity contribution in [1.82, 2.24) is 0 Å². The summed E-state index contributed by atoms with van der Waals surface area (Å²) in [6, 6.07) is 13.2. The number of hydrogen-bond donors (Lipinski definition) is 0. The molecule has 2 rings (SSSR count). The van der Waals surface area contributed by atoms with Gasteiger partial charge in [0.2, 0.25) is 0 Å². The molecule has 0 atom stereocenters. The number of alkyl halides is 3. The third-order valence-corrected chi connectivity index (χ3v) is 4.11. The van der Waals surface area contributed by atoms with Crippen LogP contribution in [0.15, 0.2) is 53.0 Å². The van der Waals surface area contributed by atoms with Gasteiger partial charge < -0.3 is 4.18 Å². The van der Waals surface area contributed by atoms with Gasteiger partial charge in [0.1, 0.15) is 0 Å². The number of rotatable bonds is 3. The van der Waals surface area contributed by atoms with Crippen LogP contribution in [0.1, 0.15) is 0 Å². The lowest BCUT2D eigenvalue weighted by atomic mass is 10.1. The smallest absolute Gasteiger partial charge is 0.375 e. The molecule has 0 aliphatic rings. The summed E-state index contributed by atoms with van der Waals surface area (Å²) >= 11 is 3.01. The molecule has 0 heterocycles. The second kappa shape index (κ2) is 5.69. The van der Waals surface area contributed by atoms with E-state index >= 15 is 0 Å². The maximum absolute atomic E-state index is 12.3. The Hall–Kier alpha value is -1.54. The topological polar surface area (TPSA) is 43.4 Å². The molecule has 0 aliphatic carbocycles. The molecule has 2 aromatic carbocycles. The third kappa shape index (κ3) is 3.56. The third-order valence-electron chi connectivity index (χ3n) is 2.52. The lowest BCUT2D eigenvalue weighted by Crippen LogP contribution is -2.28. The normalized spacial score (nSPS) is 12.2. The van der Waals surface area contributed by atoms with Gasteiger partial charge >= 0.3 is 15.6 Å². The Labute approximate surface area is 127 Å². The molecule has 0 bridgehead atoms. The van der Waals surface area contributed by atoms with Crippen LogP contribution in [0, 0.1) is 0 Å². The van der Waals surface area contributed by atoms with E-state index in [-0.39, 0.29) is 4.47 Å². The van der Waals surface area contributed by atoms with E-state index in [0.717, 1.165) is 11.6 Å². The van der Waals surface area contributed by atoms with Crippen molar-refractivity contribution in [3.8, 4) is 16.9 Å². The zero-order valence-corrected chi connectivity index (χ0v) is 12.7. The SMILES string of the molecule is O=S(=O)(Oc1ccc(-c2ccccc2)cc1Br)C(F)(F)F. The zero-order valence-electron chi connectivity index (χ0n) is 10.3. The van der Waals surface area contributed by atoms with Crippen LogP contribution in [0.4, 0.5) is 13.2 Å². The highest BCUT2D eigenvalue weighted by atomic mass is 79.9. The van der Waals surface area contributed by atoms with Gasteiger partial charge in [0, 0.05) is 0 Å². The monoisotopic (exact) mass is 380 g/mol. The maximum Gasteiger partial charge on any atom is 0.534 e. The lowest BCUT2D eigenvalue weighted by Gasteiger charge is -2.11. The molecular weight excluding hydrogens is 373 g/mol. The molecule has 0 saturated heterocycles. The molecule has 2 aromatic rings. The molecule has 0 amide bonds. The molecule has 3 nitrogen and oxygen atoms in total. The standard InChI is InChI=1S/C13H8BrF3O3S/c14-11-8-10(9-4-2-1-3-5-9)6-7-12(11)20-21(18,19)13(15,16)17/h1-8H. The molecule has 0 aromatic heterocycles. The average Bonchev–Trinajstić information content (AvgIpc) is 2.40. The van der Waals surface area contributed by atoms with Gasteiger partial charge in [-0.05, 0) is 39.2 Å². The molecule has 0 N–H and O–H groups in total. The van der Waals surface area contributed by atoms with Crippen LogP contribution >= 0.6 is 15.9 Å². The molecule has 0 unspecified atom stereocenters. The summed E-state index contributed by atoms with van der Waals surface area (Å²) in [5.74, 6) is -0.424. The van der Waals surface area contributed by atoms with Crippen LogP contribution in [0.2, 0.25) is 0 Å². The van der Waals surface area contributed by atoms with Gasteiger partial charge in [0.25, 0.3) is 0 Å². The van der Waals surface area contributed by atoms with Crippen molar-refractivity contribution in [2.75, 3.05) is 0 Å². The van der Waals surface area contributed by atoms with Gasteiger partial charge in [0.15, 0.2) is 5.75 Å². The van der Waals surface area contributed by atoms with Crippen LogP contribution in [0.5, 0.6) is 5.75 Å². The minimum absolute atomic E-state index is 0.108. The van der Waals surface area contributed by atoms with E-state index in [1.807, 2.05) is 30.3 Å². The number of halogens is 4. The summed E-state index contributed by atoms with van der Waals surface area (Å²) in [5.41, 5.74) is -3.92. The van der Waals surface area contributed by atoms with Crippen molar-refractivity contribution >= 4 is 26.0 Å². The van der Waals surface area contributed by atoms with Gasteiger partial charge in [-0.2, -0.15) is 21.6 Å². The van der Waals surface area contributed by atoms with Gasteiger partial charge in [-0.25, -0.2) is 0 Å². The average molecular weight is 381 g/mol. The van der Waals surface area contributed by atoms with Crippen LogP contribution < -0.4 is 4.18 Å². The largest absolute Gasteiger partial charge is 0.534 e. The highest BCUT2D eigenvalue weighted by Crippen LogP contribution is 2.34. The van der Waals surface area contributed by atoms with E-state index in [4.69, 9.17) is 0 Å². The summed E-state index contributed by atoms with van der Waals surface area (Å²) < 4.78 is 62.9. The van der Waals surface area contributed by atoms with E-state index in [2.05, 4.69) is 20.1 Å². The first-order valence-electron chi connectivity index (χ1n) is 5.56. The molecule has 0 saturated carbocycles. The predicted octanol–water partition coefficient (Wildman–Crippen LogP) is 4.34. The van der Waals surface area contributed by atoms with Gasteiger partial charge in [0.05, 0.1) is 4.47 Å². The summed E-state index contributed by atoms with van der Waals surface area (Å²) in [7, 11) is -5.68. The van der Waals surface area contributed by atoms with E-state index in [1.165, 1.54) is 12.1 Å². The van der Waals surface area contributed by atoms with Crippen molar-refractivity contribution in [1.29, 1.82) is 0 Å². The second-order valence-electron chi connectivity index (χ2n) is 3.99. The fraction of sp³-hybridized carbons (Fsp3) is 0.0769. The quantitative estimate of drug-likeness (QED) is 0.587. The Morgan fingerprint density at radius 1 is 0.952 bits per heavy atom. The molecule has 21 heavy (non-hydrogen) atoms. The fourth-order valence-corrected chi connectivity index (χ4v) is 2.59. The van der Waals surface area contributed by atoms with E-state index in [9.17, 15) is 21.6 Å². The van der Waals surface area contributed by atoms with Crippen molar-refractivity contribution in [2.24, 2.45) is 0 Å². The van der Waals surface area contributed by atoms with Crippen molar-refractivity contribution in [3.63, 3.8) is 0 Å². The Morgan fingerprint density at radius 2 is 1.57 bits per heavy atom. The van der Waals surface area contributed by atoms with Crippen molar-refractivity contribution in [3.05, 3.63) is 53.0 Å². The summed E-state index contributed by atoms with van der Waals surface area (Å²) in [5, 5.41) is 0. The van der Waals surface area contributed by atoms with Crippen LogP contribution in [0.3, 0.4) is 0 Å². The Bertz CT molecular complexity index is 743.